The minimum absolute atomic E-state index is 0.0663. The van der Waals surface area contributed by atoms with Gasteiger partial charge in [-0.25, -0.2) is 4.79 Å². The van der Waals surface area contributed by atoms with Crippen LogP contribution in [0.2, 0.25) is 0 Å². The zero-order valence-electron chi connectivity index (χ0n) is 14.7. The topological polar surface area (TPSA) is 41.6 Å². The van der Waals surface area contributed by atoms with E-state index in [1.165, 1.54) is 0 Å². The molecule has 21 heavy (non-hydrogen) atoms. The van der Waals surface area contributed by atoms with Crippen molar-refractivity contribution in [3.63, 3.8) is 0 Å². The van der Waals surface area contributed by atoms with Gasteiger partial charge in [-0.05, 0) is 52.0 Å². The molecule has 0 radical (unpaired) electrons. The molecule has 4 nitrogen and oxygen atoms in total. The van der Waals surface area contributed by atoms with Crippen molar-refractivity contribution >= 4 is 5.97 Å². The third kappa shape index (κ3) is 5.26. The quantitative estimate of drug-likeness (QED) is 0.630. The summed E-state index contributed by atoms with van der Waals surface area (Å²) in [5.41, 5.74) is -0.533. The summed E-state index contributed by atoms with van der Waals surface area (Å²) in [4.78, 5) is 15.1. The number of rotatable bonds is 10. The minimum Gasteiger partial charge on any atom is -0.465 e. The summed E-state index contributed by atoms with van der Waals surface area (Å²) in [7, 11) is 0. The molecule has 1 aliphatic carbocycles. The molecular formula is C17H34N2O2. The molecule has 0 heterocycles. The van der Waals surface area contributed by atoms with Gasteiger partial charge in [-0.1, -0.05) is 20.8 Å². The van der Waals surface area contributed by atoms with Crippen LogP contribution in [-0.2, 0) is 9.53 Å². The van der Waals surface area contributed by atoms with Crippen molar-refractivity contribution in [3.05, 3.63) is 0 Å². The predicted octanol–water partition coefficient (Wildman–Crippen LogP) is 2.67. The third-order valence-electron chi connectivity index (χ3n) is 4.00. The molecule has 0 aromatic carbocycles. The number of hydrogen-bond acceptors (Lipinski definition) is 4. The van der Waals surface area contributed by atoms with Gasteiger partial charge in [0, 0.05) is 19.1 Å². The normalized spacial score (nSPS) is 18.3. The Hall–Kier alpha value is -0.610. The fourth-order valence-corrected chi connectivity index (χ4v) is 3.11. The van der Waals surface area contributed by atoms with E-state index in [1.807, 2.05) is 6.92 Å². The highest BCUT2D eigenvalue weighted by Gasteiger charge is 2.52. The highest BCUT2D eigenvalue weighted by Crippen LogP contribution is 2.41. The van der Waals surface area contributed by atoms with Crippen molar-refractivity contribution in [2.45, 2.75) is 66.0 Å². The maximum Gasteiger partial charge on any atom is 0.327 e. The second-order valence-corrected chi connectivity index (χ2v) is 6.99. The van der Waals surface area contributed by atoms with Gasteiger partial charge >= 0.3 is 5.97 Å². The monoisotopic (exact) mass is 298 g/mol. The van der Waals surface area contributed by atoms with Crippen LogP contribution in [0.4, 0.5) is 0 Å². The van der Waals surface area contributed by atoms with Crippen LogP contribution in [0.1, 0.15) is 54.4 Å². The molecule has 0 aromatic rings. The van der Waals surface area contributed by atoms with Gasteiger partial charge in [0.1, 0.15) is 5.54 Å². The van der Waals surface area contributed by atoms with Crippen LogP contribution >= 0.6 is 0 Å². The zero-order chi connectivity index (χ0) is 16.0. The first-order valence-electron chi connectivity index (χ1n) is 8.52. The Morgan fingerprint density at radius 3 is 2.29 bits per heavy atom. The summed E-state index contributed by atoms with van der Waals surface area (Å²) in [6.07, 6.45) is 2.25. The molecular weight excluding hydrogens is 264 g/mol. The highest BCUT2D eigenvalue weighted by atomic mass is 16.5. The minimum atomic E-state index is -0.533. The lowest BCUT2D eigenvalue weighted by atomic mass is 9.90. The van der Waals surface area contributed by atoms with E-state index >= 15 is 0 Å². The van der Waals surface area contributed by atoms with Crippen LogP contribution in [0, 0.1) is 11.8 Å². The molecule has 0 spiro atoms. The number of hydrogen-bond donors (Lipinski definition) is 1. The molecule has 1 unspecified atom stereocenters. The van der Waals surface area contributed by atoms with Crippen molar-refractivity contribution < 1.29 is 9.53 Å². The second kappa shape index (κ2) is 8.14. The Bertz CT molecular complexity index is 327. The number of carbonyl (C=O) groups excluding carboxylic acids is 1. The van der Waals surface area contributed by atoms with Crippen LogP contribution in [0.25, 0.3) is 0 Å². The molecule has 1 fully saturated rings. The standard InChI is InChI=1S/C17H34N2O2/c1-7-19(11-13(3)4)12-17(15-9-10-15,18-14(5)6)16(20)21-8-2/h13-15,18H,7-12H2,1-6H3. The van der Waals surface area contributed by atoms with Gasteiger partial charge in [0.2, 0.25) is 0 Å². The molecule has 0 aromatic heterocycles. The van der Waals surface area contributed by atoms with Crippen molar-refractivity contribution in [1.82, 2.24) is 10.2 Å². The molecule has 1 aliphatic rings. The van der Waals surface area contributed by atoms with Crippen molar-refractivity contribution in [2.75, 3.05) is 26.2 Å². The average Bonchev–Trinajstić information content (AvgIpc) is 3.20. The largest absolute Gasteiger partial charge is 0.465 e. The zero-order valence-corrected chi connectivity index (χ0v) is 14.7. The molecule has 0 aliphatic heterocycles. The Balaban J connectivity index is 2.94. The van der Waals surface area contributed by atoms with Gasteiger partial charge in [-0.2, -0.15) is 0 Å². The van der Waals surface area contributed by atoms with Crippen LogP contribution in [0.15, 0.2) is 0 Å². The first-order chi connectivity index (χ1) is 9.85. The Kier molecular flexibility index (Phi) is 7.14. The molecule has 4 heteroatoms. The van der Waals surface area contributed by atoms with E-state index in [9.17, 15) is 4.79 Å². The highest BCUT2D eigenvalue weighted by molar-refractivity contribution is 5.82. The summed E-state index contributed by atoms with van der Waals surface area (Å²) in [6.45, 7) is 15.9. The SMILES string of the molecule is CCOC(=O)C(CN(CC)CC(C)C)(NC(C)C)C1CC1. The number of ether oxygens (including phenoxy) is 1. The van der Waals surface area contributed by atoms with Crippen LogP contribution < -0.4 is 5.32 Å². The van der Waals surface area contributed by atoms with Gasteiger partial charge in [0.15, 0.2) is 0 Å². The predicted molar refractivity (Wildman–Crippen MR) is 87.3 cm³/mol. The van der Waals surface area contributed by atoms with E-state index in [2.05, 4.69) is 44.8 Å². The first-order valence-corrected chi connectivity index (χ1v) is 8.52. The van der Waals surface area contributed by atoms with Crippen molar-refractivity contribution in [3.8, 4) is 0 Å². The molecule has 0 bridgehead atoms. The summed E-state index contributed by atoms with van der Waals surface area (Å²) in [5, 5.41) is 3.56. The summed E-state index contributed by atoms with van der Waals surface area (Å²) in [5.74, 6) is 0.951. The first kappa shape index (κ1) is 18.4. The molecule has 1 atom stereocenters. The second-order valence-electron chi connectivity index (χ2n) is 6.99. The van der Waals surface area contributed by atoms with Gasteiger partial charge in [0.25, 0.3) is 0 Å². The molecule has 124 valence electrons. The summed E-state index contributed by atoms with van der Waals surface area (Å²) >= 11 is 0. The average molecular weight is 298 g/mol. The smallest absolute Gasteiger partial charge is 0.327 e. The lowest BCUT2D eigenvalue weighted by Crippen LogP contribution is -2.63. The third-order valence-corrected chi connectivity index (χ3v) is 4.00. The van der Waals surface area contributed by atoms with Crippen LogP contribution in [0.5, 0.6) is 0 Å². The van der Waals surface area contributed by atoms with Gasteiger partial charge < -0.3 is 9.64 Å². The molecule has 1 saturated carbocycles. The fraction of sp³-hybridized carbons (Fsp3) is 0.941. The molecule has 0 saturated heterocycles. The van der Waals surface area contributed by atoms with E-state index in [4.69, 9.17) is 4.74 Å². The van der Waals surface area contributed by atoms with Gasteiger partial charge in [-0.15, -0.1) is 0 Å². The summed E-state index contributed by atoms with van der Waals surface area (Å²) < 4.78 is 5.43. The molecule has 1 rings (SSSR count). The lowest BCUT2D eigenvalue weighted by molar-refractivity contribution is -0.154. The van der Waals surface area contributed by atoms with Gasteiger partial charge in [-0.3, -0.25) is 5.32 Å². The number of carbonyl (C=O) groups is 1. The van der Waals surface area contributed by atoms with Crippen LogP contribution in [0.3, 0.4) is 0 Å². The maximum atomic E-state index is 12.7. The van der Waals surface area contributed by atoms with E-state index < -0.39 is 5.54 Å². The van der Waals surface area contributed by atoms with Gasteiger partial charge in [0.05, 0.1) is 6.61 Å². The molecule has 0 amide bonds. The lowest BCUT2D eigenvalue weighted by Gasteiger charge is -2.39. The van der Waals surface area contributed by atoms with E-state index in [-0.39, 0.29) is 12.0 Å². The Morgan fingerprint density at radius 1 is 1.29 bits per heavy atom. The Morgan fingerprint density at radius 2 is 1.90 bits per heavy atom. The summed E-state index contributed by atoms with van der Waals surface area (Å²) in [6, 6.07) is 0.271. The van der Waals surface area contributed by atoms with E-state index in [0.29, 0.717) is 18.4 Å². The maximum absolute atomic E-state index is 12.7. The number of nitrogens with one attached hydrogen (secondary N) is 1. The van der Waals surface area contributed by atoms with Crippen LogP contribution in [-0.4, -0.2) is 48.7 Å². The number of nitrogens with zero attached hydrogens (tertiary/aromatic N) is 1. The fourth-order valence-electron chi connectivity index (χ4n) is 3.11. The van der Waals surface area contributed by atoms with E-state index in [1.54, 1.807) is 0 Å². The Labute approximate surface area is 130 Å². The van der Waals surface area contributed by atoms with Crippen molar-refractivity contribution in [1.29, 1.82) is 0 Å². The number of likely N-dealkylation sites (N-methyl/N-ethyl adjacent to an activating group) is 1. The number of esters is 1. The van der Waals surface area contributed by atoms with E-state index in [0.717, 1.165) is 32.5 Å². The molecule has 1 N–H and O–H groups in total. The van der Waals surface area contributed by atoms with Crippen molar-refractivity contribution in [2.24, 2.45) is 11.8 Å².